The molecule has 8 heteroatoms. The number of rotatable bonds is 4. The number of nitrogens with zero attached hydrogens (tertiary/aromatic N) is 3. The Balaban J connectivity index is 1.65. The third-order valence-corrected chi connectivity index (χ3v) is 5.71. The average molecular weight is 457 g/mol. The molecule has 0 spiro atoms. The van der Waals surface area contributed by atoms with Crippen LogP contribution in [0.3, 0.4) is 0 Å². The van der Waals surface area contributed by atoms with Gasteiger partial charge < -0.3 is 16.0 Å². The molecule has 0 unspecified atom stereocenters. The number of urea groups is 1. The average Bonchev–Trinajstić information content (AvgIpc) is 3.29. The lowest BCUT2D eigenvalue weighted by Gasteiger charge is -2.19. The highest BCUT2D eigenvalue weighted by Crippen LogP contribution is 2.30. The summed E-state index contributed by atoms with van der Waals surface area (Å²) in [5.74, 6) is -0.180. The van der Waals surface area contributed by atoms with E-state index in [1.165, 1.54) is 5.56 Å². The van der Waals surface area contributed by atoms with E-state index in [0.717, 1.165) is 11.1 Å². The molecule has 2 heterocycles. The van der Waals surface area contributed by atoms with Crippen LogP contribution >= 0.6 is 0 Å². The zero-order chi connectivity index (χ0) is 24.5. The smallest absolute Gasteiger partial charge is 0.319 e. The Bertz CT molecular complexity index is 1370. The second-order valence-electron chi connectivity index (χ2n) is 9.10. The van der Waals surface area contributed by atoms with Gasteiger partial charge in [0.1, 0.15) is 0 Å². The highest BCUT2D eigenvalue weighted by molar-refractivity contribution is 6.05. The first-order valence-corrected chi connectivity index (χ1v) is 11.0. The lowest BCUT2D eigenvalue weighted by Crippen LogP contribution is -2.25. The van der Waals surface area contributed by atoms with Gasteiger partial charge in [-0.05, 0) is 47.7 Å². The van der Waals surface area contributed by atoms with Crippen LogP contribution in [0.2, 0.25) is 0 Å². The van der Waals surface area contributed by atoms with Gasteiger partial charge in [-0.1, -0.05) is 45.0 Å². The largest absolute Gasteiger partial charge is 0.341 e. The fraction of sp³-hybridized carbons (Fsp3) is 0.231. The van der Waals surface area contributed by atoms with Crippen LogP contribution in [-0.4, -0.2) is 33.6 Å². The Morgan fingerprint density at radius 3 is 2.38 bits per heavy atom. The zero-order valence-corrected chi connectivity index (χ0v) is 19.9. The van der Waals surface area contributed by atoms with Crippen LogP contribution in [0.5, 0.6) is 0 Å². The monoisotopic (exact) mass is 456 g/mol. The topological polar surface area (TPSA) is 100 Å². The Morgan fingerprint density at radius 2 is 1.71 bits per heavy atom. The molecular formula is C26H28N6O2. The fourth-order valence-corrected chi connectivity index (χ4v) is 3.69. The molecule has 0 bridgehead atoms. The van der Waals surface area contributed by atoms with Crippen molar-refractivity contribution in [3.8, 4) is 11.3 Å². The van der Waals surface area contributed by atoms with Crippen LogP contribution < -0.4 is 16.0 Å². The van der Waals surface area contributed by atoms with Gasteiger partial charge in [0.25, 0.3) is 5.91 Å². The van der Waals surface area contributed by atoms with Gasteiger partial charge in [0.15, 0.2) is 5.65 Å². The summed E-state index contributed by atoms with van der Waals surface area (Å²) in [6.45, 7) is 8.35. The number of hydrogen-bond donors (Lipinski definition) is 3. The molecule has 0 aliphatic heterocycles. The van der Waals surface area contributed by atoms with Gasteiger partial charge in [-0.3, -0.25) is 4.79 Å². The van der Waals surface area contributed by atoms with Crippen molar-refractivity contribution in [2.75, 3.05) is 17.7 Å². The van der Waals surface area contributed by atoms with E-state index in [1.54, 1.807) is 30.0 Å². The molecule has 174 valence electrons. The summed E-state index contributed by atoms with van der Waals surface area (Å²) in [6.07, 6.45) is 3.34. The number of benzene rings is 2. The molecule has 2 aromatic carbocycles. The molecule has 8 nitrogen and oxygen atoms in total. The van der Waals surface area contributed by atoms with Crippen molar-refractivity contribution in [2.24, 2.45) is 0 Å². The quantitative estimate of drug-likeness (QED) is 0.402. The van der Waals surface area contributed by atoms with Crippen LogP contribution in [0.15, 0.2) is 60.9 Å². The van der Waals surface area contributed by atoms with Gasteiger partial charge in [-0.2, -0.15) is 5.10 Å². The number of nitrogens with one attached hydrogen (secondary N) is 3. The number of hydrogen-bond acceptors (Lipinski definition) is 4. The van der Waals surface area contributed by atoms with Gasteiger partial charge in [-0.15, -0.1) is 0 Å². The van der Waals surface area contributed by atoms with Gasteiger partial charge in [0, 0.05) is 36.3 Å². The molecule has 0 fully saturated rings. The molecule has 3 amide bonds. The van der Waals surface area contributed by atoms with Crippen LogP contribution in [0.4, 0.5) is 16.2 Å². The fourth-order valence-electron chi connectivity index (χ4n) is 3.69. The first kappa shape index (κ1) is 23.0. The predicted molar refractivity (Wildman–Crippen MR) is 134 cm³/mol. The Morgan fingerprint density at radius 1 is 0.971 bits per heavy atom. The van der Waals surface area contributed by atoms with E-state index in [9.17, 15) is 9.59 Å². The van der Waals surface area contributed by atoms with Crippen LogP contribution in [0.25, 0.3) is 16.9 Å². The molecule has 0 saturated carbocycles. The molecule has 4 aromatic rings. The molecular weight excluding hydrogens is 428 g/mol. The molecule has 0 radical (unpaired) electrons. The van der Waals surface area contributed by atoms with Gasteiger partial charge >= 0.3 is 6.03 Å². The molecule has 0 aliphatic carbocycles. The summed E-state index contributed by atoms with van der Waals surface area (Å²) in [5, 5.41) is 13.0. The van der Waals surface area contributed by atoms with Crippen molar-refractivity contribution in [2.45, 2.75) is 33.1 Å². The van der Waals surface area contributed by atoms with Crippen molar-refractivity contribution in [1.82, 2.24) is 19.9 Å². The van der Waals surface area contributed by atoms with Crippen LogP contribution in [-0.2, 0) is 5.41 Å². The number of aromatic nitrogens is 3. The van der Waals surface area contributed by atoms with Crippen molar-refractivity contribution in [3.63, 3.8) is 0 Å². The zero-order valence-electron chi connectivity index (χ0n) is 19.9. The third kappa shape index (κ3) is 4.61. The van der Waals surface area contributed by atoms with E-state index < -0.39 is 0 Å². The number of carbonyl (C=O) groups is 2. The summed E-state index contributed by atoms with van der Waals surface area (Å²) in [7, 11) is 1.55. The highest BCUT2D eigenvalue weighted by atomic mass is 16.2. The molecule has 2 aromatic heterocycles. The second kappa shape index (κ2) is 8.97. The standard InChI is InChI=1S/C26H28N6O2/c1-16-19(21-15-22(30-25(34)27-5)23-28-13-14-32(23)31-21)7-6-8-20(16)29-24(33)17-9-11-18(12-10-17)26(2,3)4/h6-15H,1-5H3,(H,29,33)(H2,27,30,34). The number of fused-ring (bicyclic) bond motifs is 1. The van der Waals surface area contributed by atoms with E-state index in [4.69, 9.17) is 0 Å². The summed E-state index contributed by atoms with van der Waals surface area (Å²) < 4.78 is 1.61. The minimum atomic E-state index is -0.350. The summed E-state index contributed by atoms with van der Waals surface area (Å²) in [4.78, 5) is 29.1. The van der Waals surface area contributed by atoms with Gasteiger partial charge in [0.05, 0.1) is 11.4 Å². The summed E-state index contributed by atoms with van der Waals surface area (Å²) >= 11 is 0. The van der Waals surface area contributed by atoms with Crippen LogP contribution in [0, 0.1) is 6.92 Å². The van der Waals surface area contributed by atoms with Crippen molar-refractivity contribution < 1.29 is 9.59 Å². The number of amides is 3. The minimum Gasteiger partial charge on any atom is -0.341 e. The molecule has 0 aliphatic rings. The normalized spacial score (nSPS) is 11.3. The first-order valence-electron chi connectivity index (χ1n) is 11.0. The molecule has 34 heavy (non-hydrogen) atoms. The molecule has 0 saturated heterocycles. The lowest BCUT2D eigenvalue weighted by molar-refractivity contribution is 0.102. The maximum Gasteiger partial charge on any atom is 0.319 e. The SMILES string of the molecule is CNC(=O)Nc1cc(-c2cccc(NC(=O)c3ccc(C(C)(C)C)cc3)c2C)nn2ccnc12. The van der Waals surface area contributed by atoms with E-state index in [2.05, 4.69) is 46.8 Å². The summed E-state index contributed by atoms with van der Waals surface area (Å²) in [5.41, 5.74) is 5.87. The van der Waals surface area contributed by atoms with Gasteiger partial charge in [-0.25, -0.2) is 14.3 Å². The molecule has 0 atom stereocenters. The van der Waals surface area contributed by atoms with E-state index in [-0.39, 0.29) is 17.4 Å². The number of anilines is 2. The Hall–Kier alpha value is -4.20. The van der Waals surface area contributed by atoms with Crippen LogP contribution in [0.1, 0.15) is 42.3 Å². The Labute approximate surface area is 198 Å². The maximum absolute atomic E-state index is 12.9. The van der Waals surface area contributed by atoms with Crippen molar-refractivity contribution in [3.05, 3.63) is 77.6 Å². The number of carbonyl (C=O) groups excluding carboxylic acids is 2. The third-order valence-electron chi connectivity index (χ3n) is 5.71. The minimum absolute atomic E-state index is 0.0226. The van der Waals surface area contributed by atoms with Crippen molar-refractivity contribution in [1.29, 1.82) is 0 Å². The molecule has 4 rings (SSSR count). The first-order chi connectivity index (χ1) is 16.2. The lowest BCUT2D eigenvalue weighted by atomic mass is 9.86. The van der Waals surface area contributed by atoms with E-state index in [0.29, 0.717) is 28.3 Å². The van der Waals surface area contributed by atoms with E-state index >= 15 is 0 Å². The second-order valence-corrected chi connectivity index (χ2v) is 9.10. The summed E-state index contributed by atoms with van der Waals surface area (Å²) in [6, 6.07) is 14.8. The van der Waals surface area contributed by atoms with E-state index in [1.807, 2.05) is 49.4 Å². The van der Waals surface area contributed by atoms with Crippen molar-refractivity contribution >= 4 is 29.0 Å². The maximum atomic E-state index is 12.9. The predicted octanol–water partition coefficient (Wildman–Crippen LogP) is 5.01. The van der Waals surface area contributed by atoms with Gasteiger partial charge in [0.2, 0.25) is 0 Å². The Kier molecular flexibility index (Phi) is 6.06. The highest BCUT2D eigenvalue weighted by Gasteiger charge is 2.17. The molecule has 3 N–H and O–H groups in total. The number of imidazole rings is 1.